The van der Waals surface area contributed by atoms with Gasteiger partial charge in [0.25, 0.3) is 0 Å². The van der Waals surface area contributed by atoms with Crippen molar-refractivity contribution in [3.05, 3.63) is 206 Å². The van der Waals surface area contributed by atoms with Crippen molar-refractivity contribution in [2.75, 3.05) is 0 Å². The maximum atomic E-state index is 2.46. The van der Waals surface area contributed by atoms with Gasteiger partial charge >= 0.3 is 0 Å². The largest absolute Gasteiger partial charge is 0.309 e. The first-order valence-corrected chi connectivity index (χ1v) is 21.1. The number of hydrogen-bond acceptors (Lipinski definition) is 1. The first-order valence-electron chi connectivity index (χ1n) is 20.2. The lowest BCUT2D eigenvalue weighted by Crippen LogP contribution is -1.96. The first kappa shape index (κ1) is 32.6. The zero-order valence-electron chi connectivity index (χ0n) is 31.9. The van der Waals surface area contributed by atoms with Crippen LogP contribution < -0.4 is 0 Å². The lowest BCUT2D eigenvalue weighted by atomic mass is 9.98. The van der Waals surface area contributed by atoms with Gasteiger partial charge in [0.1, 0.15) is 0 Å². The molecule has 0 spiro atoms. The van der Waals surface area contributed by atoms with Crippen molar-refractivity contribution in [2.24, 2.45) is 0 Å². The molecule has 274 valence electrons. The van der Waals surface area contributed by atoms with E-state index >= 15 is 0 Å². The number of benzene rings is 10. The molecule has 0 radical (unpaired) electrons. The molecule has 10 aromatic carbocycles. The zero-order valence-corrected chi connectivity index (χ0v) is 32.7. The average Bonchev–Trinajstić information content (AvgIpc) is 3.96. The summed E-state index contributed by atoms with van der Waals surface area (Å²) in [6, 6.07) is 76.2. The van der Waals surface area contributed by atoms with E-state index in [4.69, 9.17) is 0 Å². The van der Waals surface area contributed by atoms with Gasteiger partial charge in [-0.2, -0.15) is 0 Å². The van der Waals surface area contributed by atoms with Crippen LogP contribution in [0.4, 0.5) is 0 Å². The second-order valence-electron chi connectivity index (χ2n) is 15.7. The Kier molecular flexibility index (Phi) is 6.92. The van der Waals surface area contributed by atoms with Crippen molar-refractivity contribution >= 4 is 96.7 Å². The Morgan fingerprint density at radius 3 is 1.46 bits per heavy atom. The van der Waals surface area contributed by atoms with Crippen LogP contribution in [0.15, 0.2) is 206 Å². The van der Waals surface area contributed by atoms with Gasteiger partial charge in [0.2, 0.25) is 0 Å². The van der Waals surface area contributed by atoms with Crippen molar-refractivity contribution in [3.8, 4) is 33.6 Å². The molecule has 0 N–H and O–H groups in total. The summed E-state index contributed by atoms with van der Waals surface area (Å²) in [7, 11) is 0. The summed E-state index contributed by atoms with van der Waals surface area (Å²) in [4.78, 5) is 0. The van der Waals surface area contributed by atoms with Crippen LogP contribution in [-0.2, 0) is 0 Å². The van der Waals surface area contributed by atoms with E-state index in [2.05, 4.69) is 215 Å². The molecular formula is C56H34N2S. The molecule has 3 heterocycles. The smallest absolute Gasteiger partial charge is 0.0546 e. The number of hydrogen-bond donors (Lipinski definition) is 0. The summed E-state index contributed by atoms with van der Waals surface area (Å²) in [5.74, 6) is 0. The molecule has 2 nitrogen and oxygen atoms in total. The zero-order chi connectivity index (χ0) is 38.6. The second kappa shape index (κ2) is 12.5. The molecule has 0 saturated carbocycles. The Bertz CT molecular complexity index is 3840. The summed E-state index contributed by atoms with van der Waals surface area (Å²) in [6.45, 7) is 0. The maximum absolute atomic E-state index is 2.46. The number of para-hydroxylation sites is 2. The number of aromatic nitrogens is 2. The molecule has 59 heavy (non-hydrogen) atoms. The van der Waals surface area contributed by atoms with Crippen LogP contribution in [0.1, 0.15) is 0 Å². The van der Waals surface area contributed by atoms with Gasteiger partial charge < -0.3 is 9.13 Å². The molecule has 0 saturated heterocycles. The van der Waals surface area contributed by atoms with Gasteiger partial charge in [-0.3, -0.25) is 0 Å². The molecule has 13 rings (SSSR count). The topological polar surface area (TPSA) is 9.86 Å². The van der Waals surface area contributed by atoms with E-state index in [-0.39, 0.29) is 0 Å². The quantitative estimate of drug-likeness (QED) is 0.158. The van der Waals surface area contributed by atoms with E-state index in [1.807, 2.05) is 11.3 Å². The molecule has 0 aliphatic heterocycles. The van der Waals surface area contributed by atoms with E-state index in [9.17, 15) is 0 Å². The summed E-state index contributed by atoms with van der Waals surface area (Å²) in [5, 5.41) is 12.7. The van der Waals surface area contributed by atoms with Crippen LogP contribution in [0.2, 0.25) is 0 Å². The Balaban J connectivity index is 0.903. The van der Waals surface area contributed by atoms with Gasteiger partial charge in [-0.1, -0.05) is 140 Å². The fraction of sp³-hybridized carbons (Fsp3) is 0. The van der Waals surface area contributed by atoms with Crippen molar-refractivity contribution < 1.29 is 0 Å². The lowest BCUT2D eigenvalue weighted by Gasteiger charge is -2.14. The van der Waals surface area contributed by atoms with Crippen molar-refractivity contribution in [1.29, 1.82) is 0 Å². The molecule has 0 bridgehead atoms. The van der Waals surface area contributed by atoms with Gasteiger partial charge in [-0.25, -0.2) is 0 Å². The van der Waals surface area contributed by atoms with E-state index in [0.29, 0.717) is 0 Å². The number of nitrogens with zero attached hydrogens (tertiary/aromatic N) is 2. The van der Waals surface area contributed by atoms with Gasteiger partial charge in [-0.05, 0) is 105 Å². The van der Waals surface area contributed by atoms with Crippen molar-refractivity contribution in [1.82, 2.24) is 9.13 Å². The number of fused-ring (bicyclic) bond motifs is 12. The van der Waals surface area contributed by atoms with Crippen LogP contribution in [-0.4, -0.2) is 9.13 Å². The summed E-state index contributed by atoms with van der Waals surface area (Å²) >= 11 is 1.86. The number of thiophene rings is 1. The van der Waals surface area contributed by atoms with Crippen LogP contribution in [0.3, 0.4) is 0 Å². The maximum Gasteiger partial charge on any atom is 0.0546 e. The van der Waals surface area contributed by atoms with E-state index < -0.39 is 0 Å². The predicted molar refractivity (Wildman–Crippen MR) is 254 cm³/mol. The standard InChI is InChI=1S/C56H34N2S/c1-2-12-41-39(11-1)33-54(43-14-4-3-13-42(41)43)58-51-19-9-6-16-45(51)48-32-38(26-29-53(48)58)36-23-21-35(22-24-36)37-25-28-52-47(31-37)44-15-5-8-18-50(44)57(52)40-27-30-56-49(34-40)46-17-7-10-20-55(46)59-56/h1-34H. The van der Waals surface area contributed by atoms with Gasteiger partial charge in [-0.15, -0.1) is 11.3 Å². The average molecular weight is 767 g/mol. The third-order valence-corrected chi connectivity index (χ3v) is 13.7. The highest BCUT2D eigenvalue weighted by Crippen LogP contribution is 2.41. The molecule has 0 amide bonds. The summed E-state index contributed by atoms with van der Waals surface area (Å²) in [5.41, 5.74) is 12.1. The summed E-state index contributed by atoms with van der Waals surface area (Å²) in [6.07, 6.45) is 0. The fourth-order valence-electron chi connectivity index (χ4n) is 9.77. The minimum absolute atomic E-state index is 1.19. The van der Waals surface area contributed by atoms with Crippen LogP contribution >= 0.6 is 11.3 Å². The highest BCUT2D eigenvalue weighted by molar-refractivity contribution is 7.25. The Hall–Kier alpha value is -7.46. The van der Waals surface area contributed by atoms with Crippen molar-refractivity contribution in [2.45, 2.75) is 0 Å². The molecule has 0 aliphatic carbocycles. The van der Waals surface area contributed by atoms with Crippen LogP contribution in [0.25, 0.3) is 119 Å². The molecule has 0 unspecified atom stereocenters. The molecule has 3 aromatic heterocycles. The highest BCUT2D eigenvalue weighted by Gasteiger charge is 2.18. The normalized spacial score (nSPS) is 12.1. The predicted octanol–water partition coefficient (Wildman–Crippen LogP) is 15.9. The Morgan fingerprint density at radius 1 is 0.271 bits per heavy atom. The van der Waals surface area contributed by atoms with Gasteiger partial charge in [0.05, 0.1) is 27.8 Å². The third-order valence-electron chi connectivity index (χ3n) is 12.5. The SMILES string of the molecule is c1ccc2c(c1)cc(-n1c3ccccc3c3cc(-c4ccc(-c5ccc6c(c5)c5ccccc5n6-c5ccc6sc7ccccc7c6c5)cc4)ccc31)c1ccccc12. The Morgan fingerprint density at radius 2 is 0.763 bits per heavy atom. The van der Waals surface area contributed by atoms with E-state index in [1.165, 1.54) is 119 Å². The summed E-state index contributed by atoms with van der Waals surface area (Å²) < 4.78 is 7.54. The van der Waals surface area contributed by atoms with Crippen LogP contribution in [0, 0.1) is 0 Å². The minimum atomic E-state index is 1.19. The first-order chi connectivity index (χ1) is 29.2. The van der Waals surface area contributed by atoms with E-state index in [1.54, 1.807) is 0 Å². The van der Waals surface area contributed by atoms with Crippen LogP contribution in [0.5, 0.6) is 0 Å². The lowest BCUT2D eigenvalue weighted by molar-refractivity contribution is 1.19. The molecule has 13 aromatic rings. The van der Waals surface area contributed by atoms with Gasteiger partial charge in [0, 0.05) is 52.8 Å². The molecular weight excluding hydrogens is 733 g/mol. The molecule has 0 atom stereocenters. The molecule has 3 heteroatoms. The van der Waals surface area contributed by atoms with Crippen molar-refractivity contribution in [3.63, 3.8) is 0 Å². The number of rotatable bonds is 4. The van der Waals surface area contributed by atoms with E-state index in [0.717, 1.165) is 0 Å². The second-order valence-corrected chi connectivity index (χ2v) is 16.8. The molecule has 0 fully saturated rings. The Labute approximate surface area is 344 Å². The fourth-order valence-corrected chi connectivity index (χ4v) is 10.9. The molecule has 0 aliphatic rings. The highest BCUT2D eigenvalue weighted by atomic mass is 32.1. The minimum Gasteiger partial charge on any atom is -0.309 e. The monoisotopic (exact) mass is 766 g/mol. The van der Waals surface area contributed by atoms with Gasteiger partial charge in [0.15, 0.2) is 0 Å². The third kappa shape index (κ3) is 4.86.